The molecule has 1 aromatic carbocycles. The molecule has 1 amide bonds. The van der Waals surface area contributed by atoms with E-state index in [1.807, 2.05) is 23.1 Å². The maximum absolute atomic E-state index is 12.6. The minimum atomic E-state index is 0.219. The minimum Gasteiger partial charge on any atom is -0.362 e. The molecule has 1 aliphatic carbocycles. The molecule has 1 saturated heterocycles. The summed E-state index contributed by atoms with van der Waals surface area (Å²) in [5.74, 6) is 0.823. The van der Waals surface area contributed by atoms with Gasteiger partial charge in [0.2, 0.25) is 5.91 Å². The first-order valence-electron chi connectivity index (χ1n) is 9.30. The molecule has 0 saturated carbocycles. The lowest BCUT2D eigenvalue weighted by atomic mass is 9.85. The van der Waals surface area contributed by atoms with Gasteiger partial charge in [0.25, 0.3) is 0 Å². The Kier molecular flexibility index (Phi) is 6.45. The zero-order valence-electron chi connectivity index (χ0n) is 14.7. The van der Waals surface area contributed by atoms with Crippen molar-refractivity contribution in [3.8, 4) is 0 Å². The summed E-state index contributed by atoms with van der Waals surface area (Å²) in [5, 5.41) is 6.93. The van der Waals surface area contributed by atoms with Crippen LogP contribution in [-0.2, 0) is 11.3 Å². The summed E-state index contributed by atoms with van der Waals surface area (Å²) in [5.41, 5.74) is 2.47. The van der Waals surface area contributed by atoms with E-state index in [9.17, 15) is 4.79 Å². The Balaban J connectivity index is 1.40. The molecule has 5 heteroatoms. The molecular weight excluding hydrogens is 330 g/mol. The van der Waals surface area contributed by atoms with Crippen LogP contribution in [0.3, 0.4) is 0 Å². The van der Waals surface area contributed by atoms with Gasteiger partial charge in [0.15, 0.2) is 5.11 Å². The number of rotatable bonds is 5. The third-order valence-corrected chi connectivity index (χ3v) is 5.28. The first kappa shape index (κ1) is 17.9. The Morgan fingerprint density at radius 3 is 2.80 bits per heavy atom. The highest BCUT2D eigenvalue weighted by Crippen LogP contribution is 2.35. The van der Waals surface area contributed by atoms with Gasteiger partial charge in [-0.15, -0.1) is 0 Å². The number of carbonyl (C=O) groups is 1. The van der Waals surface area contributed by atoms with Crippen molar-refractivity contribution in [2.75, 3.05) is 13.1 Å². The Morgan fingerprint density at radius 1 is 1.16 bits per heavy atom. The van der Waals surface area contributed by atoms with Crippen LogP contribution in [0.2, 0.25) is 0 Å². The number of thiocarbonyl (C=S) groups is 1. The molecule has 4 nitrogen and oxygen atoms in total. The van der Waals surface area contributed by atoms with Gasteiger partial charge in [-0.1, -0.05) is 36.4 Å². The van der Waals surface area contributed by atoms with Crippen LogP contribution in [0.15, 0.2) is 42.1 Å². The van der Waals surface area contributed by atoms with Gasteiger partial charge in [0.1, 0.15) is 0 Å². The predicted octanol–water partition coefficient (Wildman–Crippen LogP) is 3.35. The molecule has 134 valence electrons. The van der Waals surface area contributed by atoms with Crippen molar-refractivity contribution in [3.63, 3.8) is 0 Å². The minimum absolute atomic E-state index is 0.219. The van der Waals surface area contributed by atoms with Crippen LogP contribution in [0.1, 0.15) is 44.1 Å². The van der Waals surface area contributed by atoms with Gasteiger partial charge >= 0.3 is 0 Å². The number of hydrogen-bond donors (Lipinski definition) is 2. The number of amides is 1. The van der Waals surface area contributed by atoms with E-state index in [1.165, 1.54) is 30.5 Å². The number of benzene rings is 1. The summed E-state index contributed by atoms with van der Waals surface area (Å²) >= 11 is 5.30. The first-order valence-corrected chi connectivity index (χ1v) is 9.71. The lowest BCUT2D eigenvalue weighted by Gasteiger charge is -2.38. The van der Waals surface area contributed by atoms with Crippen molar-refractivity contribution in [1.29, 1.82) is 0 Å². The monoisotopic (exact) mass is 357 g/mol. The van der Waals surface area contributed by atoms with Crippen LogP contribution in [0, 0.1) is 5.92 Å². The maximum atomic E-state index is 12.6. The van der Waals surface area contributed by atoms with E-state index in [4.69, 9.17) is 12.2 Å². The Labute approximate surface area is 155 Å². The van der Waals surface area contributed by atoms with Gasteiger partial charge in [-0.05, 0) is 55.8 Å². The molecule has 1 fully saturated rings. The second kappa shape index (κ2) is 8.99. The summed E-state index contributed by atoms with van der Waals surface area (Å²) in [6.45, 7) is 2.15. The smallest absolute Gasteiger partial charge is 0.228 e. The third-order valence-electron chi connectivity index (χ3n) is 5.00. The molecule has 1 heterocycles. The highest BCUT2D eigenvalue weighted by molar-refractivity contribution is 7.80. The van der Waals surface area contributed by atoms with Crippen molar-refractivity contribution in [2.45, 2.75) is 45.1 Å². The third kappa shape index (κ3) is 5.05. The highest BCUT2D eigenvalue weighted by Gasteiger charge is 2.29. The van der Waals surface area contributed by atoms with Gasteiger partial charge in [-0.2, -0.15) is 0 Å². The Hall–Kier alpha value is -1.88. The molecule has 2 N–H and O–H groups in total. The number of hydrogen-bond acceptors (Lipinski definition) is 2. The molecular formula is C20H27N3OS. The standard InChI is InChI=1S/C20H27N3OS/c24-19(23-14-6-10-17-9-4-5-11-18(17)23)12-13-21-20(25)22-15-16-7-2-1-3-8-16/h1-3,7-8,11,17H,4-6,9-10,12-15H2,(H2,21,22,25). The van der Waals surface area contributed by atoms with E-state index in [0.717, 1.165) is 19.4 Å². The van der Waals surface area contributed by atoms with Gasteiger partial charge in [-0.3, -0.25) is 4.79 Å². The van der Waals surface area contributed by atoms with Crippen LogP contribution in [0.4, 0.5) is 0 Å². The molecule has 0 spiro atoms. The number of carbonyl (C=O) groups excluding carboxylic acids is 1. The number of allylic oxidation sites excluding steroid dienone is 2. The number of nitrogens with one attached hydrogen (secondary N) is 2. The predicted molar refractivity (Wildman–Crippen MR) is 105 cm³/mol. The zero-order chi connectivity index (χ0) is 17.5. The molecule has 0 aromatic heterocycles. The molecule has 1 aliphatic heterocycles. The van der Waals surface area contributed by atoms with Crippen LogP contribution in [0.25, 0.3) is 0 Å². The summed E-state index contributed by atoms with van der Waals surface area (Å²) in [6, 6.07) is 10.1. The Bertz CT molecular complexity index is 629. The lowest BCUT2D eigenvalue weighted by Crippen LogP contribution is -2.41. The van der Waals surface area contributed by atoms with Gasteiger partial charge in [-0.25, -0.2) is 0 Å². The fourth-order valence-electron chi connectivity index (χ4n) is 3.70. The largest absolute Gasteiger partial charge is 0.362 e. The van der Waals surface area contributed by atoms with Crippen molar-refractivity contribution >= 4 is 23.2 Å². The number of nitrogens with zero attached hydrogens (tertiary/aromatic N) is 1. The van der Waals surface area contributed by atoms with Crippen molar-refractivity contribution < 1.29 is 4.79 Å². The lowest BCUT2D eigenvalue weighted by molar-refractivity contribution is -0.130. The summed E-state index contributed by atoms with van der Waals surface area (Å²) in [4.78, 5) is 14.6. The van der Waals surface area contributed by atoms with Crippen LogP contribution >= 0.6 is 12.2 Å². The molecule has 0 bridgehead atoms. The topological polar surface area (TPSA) is 44.4 Å². The number of piperidine rings is 1. The van der Waals surface area contributed by atoms with Gasteiger partial charge in [0, 0.05) is 31.8 Å². The molecule has 25 heavy (non-hydrogen) atoms. The van der Waals surface area contributed by atoms with E-state index in [-0.39, 0.29) is 5.91 Å². The summed E-state index contributed by atoms with van der Waals surface area (Å²) in [6.07, 6.45) is 8.74. The van der Waals surface area contributed by atoms with Crippen LogP contribution in [-0.4, -0.2) is 29.0 Å². The fourth-order valence-corrected chi connectivity index (χ4v) is 3.88. The molecule has 1 atom stereocenters. The quantitative estimate of drug-likeness (QED) is 0.793. The van der Waals surface area contributed by atoms with Gasteiger partial charge in [0.05, 0.1) is 0 Å². The van der Waals surface area contributed by atoms with E-state index in [1.54, 1.807) is 0 Å². The first-order chi connectivity index (χ1) is 12.2. The average Bonchev–Trinajstić information content (AvgIpc) is 2.66. The second-order valence-electron chi connectivity index (χ2n) is 6.79. The second-order valence-corrected chi connectivity index (χ2v) is 7.20. The number of likely N-dealkylation sites (tertiary alicyclic amines) is 1. The Morgan fingerprint density at radius 2 is 1.96 bits per heavy atom. The fraction of sp³-hybridized carbons (Fsp3) is 0.500. The summed E-state index contributed by atoms with van der Waals surface area (Å²) < 4.78 is 0. The van der Waals surface area contributed by atoms with E-state index in [2.05, 4.69) is 28.8 Å². The summed E-state index contributed by atoms with van der Waals surface area (Å²) in [7, 11) is 0. The van der Waals surface area contributed by atoms with Crippen molar-refractivity contribution in [3.05, 3.63) is 47.7 Å². The molecule has 3 rings (SSSR count). The molecule has 1 aromatic rings. The molecule has 1 unspecified atom stereocenters. The zero-order valence-corrected chi connectivity index (χ0v) is 15.5. The average molecular weight is 358 g/mol. The highest BCUT2D eigenvalue weighted by atomic mass is 32.1. The van der Waals surface area contributed by atoms with Crippen LogP contribution in [0.5, 0.6) is 0 Å². The van der Waals surface area contributed by atoms with E-state index >= 15 is 0 Å². The van der Waals surface area contributed by atoms with E-state index in [0.29, 0.717) is 30.5 Å². The SMILES string of the molecule is O=C(CCNC(=S)NCc1ccccc1)N1CCCC2CCCC=C21. The van der Waals surface area contributed by atoms with Gasteiger partial charge < -0.3 is 15.5 Å². The van der Waals surface area contributed by atoms with Crippen LogP contribution < -0.4 is 10.6 Å². The van der Waals surface area contributed by atoms with E-state index < -0.39 is 0 Å². The van der Waals surface area contributed by atoms with Crippen molar-refractivity contribution in [2.24, 2.45) is 5.92 Å². The molecule has 0 radical (unpaired) electrons. The molecule has 2 aliphatic rings. The normalized spacial score (nSPS) is 19.6. The number of fused-ring (bicyclic) bond motifs is 1. The van der Waals surface area contributed by atoms with Crippen molar-refractivity contribution in [1.82, 2.24) is 15.5 Å². The maximum Gasteiger partial charge on any atom is 0.228 e.